The zero-order chi connectivity index (χ0) is 28.3. The highest BCUT2D eigenvalue weighted by atomic mass is 31.2. The van der Waals surface area contributed by atoms with Crippen molar-refractivity contribution in [3.8, 4) is 0 Å². The number of aryl methyl sites for hydroxylation is 1. The molecule has 3 aromatic rings. The van der Waals surface area contributed by atoms with Crippen LogP contribution in [-0.2, 0) is 26.8 Å². The summed E-state index contributed by atoms with van der Waals surface area (Å²) in [7, 11) is -4.64. The molecule has 0 spiro atoms. The molecule has 4 rings (SSSR count). The zero-order valence-corrected chi connectivity index (χ0v) is 22.8. The van der Waals surface area contributed by atoms with Crippen LogP contribution in [-0.4, -0.2) is 76.3 Å². The molecule has 14 heteroatoms. The van der Waals surface area contributed by atoms with Crippen molar-refractivity contribution in [3.63, 3.8) is 0 Å². The number of aromatic amines is 1. The van der Waals surface area contributed by atoms with E-state index in [9.17, 15) is 4.57 Å². The first-order chi connectivity index (χ1) is 18.7. The minimum Gasteiger partial charge on any atom is -0.387 e. The van der Waals surface area contributed by atoms with Gasteiger partial charge in [0.05, 0.1) is 12.9 Å². The quantitative estimate of drug-likeness (QED) is 0.118. The molecule has 1 aromatic carbocycles. The van der Waals surface area contributed by atoms with E-state index in [1.165, 1.54) is 62.4 Å². The van der Waals surface area contributed by atoms with Crippen LogP contribution < -0.4 is 5.32 Å². The minimum absolute atomic E-state index is 0.612. The van der Waals surface area contributed by atoms with Gasteiger partial charge in [-0.3, -0.25) is 4.52 Å². The first-order valence-corrected chi connectivity index (χ1v) is 14.6. The number of nitrogens with one attached hydrogen (secondary N) is 2. The summed E-state index contributed by atoms with van der Waals surface area (Å²) in [5, 5.41) is 30.4. The number of phosphoric ester groups is 1. The number of hydrogen-bond donors (Lipinski definition) is 7. The number of H-pyrrole nitrogens is 1. The fraction of sp³-hybridized carbons (Fsp3) is 0.560. The lowest BCUT2D eigenvalue weighted by molar-refractivity contribution is -0.132. The predicted octanol–water partition coefficient (Wildman–Crippen LogP) is 2.40. The Labute approximate surface area is 226 Å². The number of imidazole rings is 1. The van der Waals surface area contributed by atoms with Crippen LogP contribution >= 0.6 is 7.82 Å². The van der Waals surface area contributed by atoms with E-state index in [-0.39, 0.29) is 0 Å². The van der Waals surface area contributed by atoms with Gasteiger partial charge in [-0.1, -0.05) is 63.3 Å². The molecule has 1 saturated heterocycles. The molecular formula is C25H38N5O8P. The Kier molecular flexibility index (Phi) is 12.2. The topological polar surface area (TPSA) is 203 Å². The molecule has 4 atom stereocenters. The van der Waals surface area contributed by atoms with E-state index in [0.717, 1.165) is 17.9 Å². The Morgan fingerprint density at radius 1 is 0.974 bits per heavy atom. The number of nitrogens with zero attached hydrogens (tertiary/aromatic N) is 3. The van der Waals surface area contributed by atoms with Crippen molar-refractivity contribution in [2.75, 3.05) is 11.9 Å². The van der Waals surface area contributed by atoms with Gasteiger partial charge < -0.3 is 40.1 Å². The summed E-state index contributed by atoms with van der Waals surface area (Å²) >= 11 is 0. The van der Waals surface area contributed by atoms with E-state index >= 15 is 0 Å². The Morgan fingerprint density at radius 3 is 2.33 bits per heavy atom. The summed E-state index contributed by atoms with van der Waals surface area (Å²) in [5.74, 6) is 0.790. The number of phosphoric acid groups is 1. The number of benzene rings is 1. The van der Waals surface area contributed by atoms with Crippen molar-refractivity contribution < 1.29 is 38.9 Å². The van der Waals surface area contributed by atoms with Gasteiger partial charge in [0.25, 0.3) is 0 Å². The molecule has 1 aliphatic rings. The second-order valence-electron chi connectivity index (χ2n) is 9.34. The van der Waals surface area contributed by atoms with Crippen LogP contribution in [0.3, 0.4) is 0 Å². The van der Waals surface area contributed by atoms with Gasteiger partial charge in [-0.05, 0) is 24.0 Å². The largest absolute Gasteiger partial charge is 0.469 e. The molecule has 0 radical (unpaired) electrons. The highest BCUT2D eigenvalue weighted by Gasteiger charge is 2.42. The van der Waals surface area contributed by atoms with Crippen molar-refractivity contribution in [2.24, 2.45) is 0 Å². The predicted molar refractivity (Wildman–Crippen MR) is 143 cm³/mol. The summed E-state index contributed by atoms with van der Waals surface area (Å²) in [6.45, 7) is 2.39. The van der Waals surface area contributed by atoms with Gasteiger partial charge in [0, 0.05) is 6.54 Å². The van der Waals surface area contributed by atoms with Gasteiger partial charge in [-0.25, -0.2) is 19.5 Å². The van der Waals surface area contributed by atoms with E-state index in [1.54, 1.807) is 6.33 Å². The third-order valence-corrected chi connectivity index (χ3v) is 6.75. The Morgan fingerprint density at radius 2 is 1.67 bits per heavy atom. The van der Waals surface area contributed by atoms with Crippen LogP contribution in [0.15, 0.2) is 36.9 Å². The van der Waals surface area contributed by atoms with Crippen molar-refractivity contribution in [1.82, 2.24) is 19.9 Å². The van der Waals surface area contributed by atoms with E-state index < -0.39 is 39.0 Å². The molecule has 1 fully saturated rings. The SMILES string of the molecule is CCCCCCCCc1ccc(CNc2ncnc3nc[nH]c23)cc1.O=P(O)(O)OC[C@H]1OC(O)[C@H](O)[C@@H]1O. The number of ether oxygens (including phenoxy) is 1. The van der Waals surface area contributed by atoms with E-state index in [1.807, 2.05) is 0 Å². The van der Waals surface area contributed by atoms with Crippen molar-refractivity contribution in [2.45, 2.75) is 83.0 Å². The van der Waals surface area contributed by atoms with Gasteiger partial charge in [-0.15, -0.1) is 0 Å². The molecule has 39 heavy (non-hydrogen) atoms. The van der Waals surface area contributed by atoms with Crippen LogP contribution in [0.2, 0.25) is 0 Å². The third-order valence-electron chi connectivity index (χ3n) is 6.27. The molecule has 0 saturated carbocycles. The average molecular weight is 568 g/mol. The van der Waals surface area contributed by atoms with Crippen molar-refractivity contribution in [3.05, 3.63) is 48.0 Å². The number of hydrogen-bond acceptors (Lipinski definition) is 10. The molecule has 1 aliphatic heterocycles. The maximum Gasteiger partial charge on any atom is 0.469 e. The monoisotopic (exact) mass is 567 g/mol. The van der Waals surface area contributed by atoms with Gasteiger partial charge in [0.15, 0.2) is 17.8 Å². The summed E-state index contributed by atoms with van der Waals surface area (Å²) in [4.78, 5) is 32.3. The number of fused-ring (bicyclic) bond motifs is 1. The second-order valence-corrected chi connectivity index (χ2v) is 10.6. The molecule has 2 aromatic heterocycles. The number of aliphatic hydroxyl groups excluding tert-OH is 3. The Balaban J connectivity index is 0.000000255. The fourth-order valence-electron chi connectivity index (χ4n) is 4.06. The standard InChI is InChI=1S/C20H27N5.C5H11O8P/c1-2-3-4-5-6-7-8-16-9-11-17(12-10-16)13-21-19-18-20(23-14-22-18)25-15-24-19;6-3-2(1-12-14(9,10)11)13-5(8)4(3)7/h9-12,14-15H,2-8,13H2,1H3,(H2,21,22,23,24,25);2-8H,1H2,(H2,9,10,11)/t;2-,3-,4-,5?/m.1/s1. The smallest absolute Gasteiger partial charge is 0.387 e. The van der Waals surface area contributed by atoms with Crippen LogP contribution in [0.25, 0.3) is 11.2 Å². The van der Waals surface area contributed by atoms with Crippen molar-refractivity contribution >= 4 is 24.8 Å². The summed E-state index contributed by atoms with van der Waals surface area (Å²) in [6, 6.07) is 8.89. The summed E-state index contributed by atoms with van der Waals surface area (Å²) in [6.07, 6.45) is 6.77. The molecular weight excluding hydrogens is 529 g/mol. The normalized spacial score (nSPS) is 21.1. The molecule has 3 heterocycles. The van der Waals surface area contributed by atoms with E-state index in [4.69, 9.17) is 25.1 Å². The Bertz CT molecular complexity index is 1170. The molecule has 7 N–H and O–H groups in total. The number of rotatable bonds is 13. The minimum atomic E-state index is -4.64. The molecule has 0 bridgehead atoms. The first-order valence-electron chi connectivity index (χ1n) is 13.0. The highest BCUT2D eigenvalue weighted by molar-refractivity contribution is 7.46. The molecule has 216 valence electrons. The molecule has 0 aliphatic carbocycles. The lowest BCUT2D eigenvalue weighted by Gasteiger charge is -2.14. The number of aromatic nitrogens is 4. The number of anilines is 1. The van der Waals surface area contributed by atoms with E-state index in [2.05, 4.69) is 65.7 Å². The van der Waals surface area contributed by atoms with Crippen LogP contribution in [0.1, 0.15) is 56.6 Å². The molecule has 13 nitrogen and oxygen atoms in total. The number of aliphatic hydroxyl groups is 3. The van der Waals surface area contributed by atoms with Gasteiger partial charge in [0.1, 0.15) is 30.2 Å². The molecule has 0 amide bonds. The van der Waals surface area contributed by atoms with E-state index in [0.29, 0.717) is 5.65 Å². The highest BCUT2D eigenvalue weighted by Crippen LogP contribution is 2.37. The van der Waals surface area contributed by atoms with Crippen LogP contribution in [0, 0.1) is 0 Å². The lowest BCUT2D eigenvalue weighted by Crippen LogP contribution is -2.34. The average Bonchev–Trinajstić information content (AvgIpc) is 3.49. The van der Waals surface area contributed by atoms with Gasteiger partial charge in [-0.2, -0.15) is 0 Å². The van der Waals surface area contributed by atoms with Crippen molar-refractivity contribution in [1.29, 1.82) is 0 Å². The Hall–Kier alpha value is -2.48. The second kappa shape index (κ2) is 15.3. The lowest BCUT2D eigenvalue weighted by atomic mass is 10.0. The zero-order valence-electron chi connectivity index (χ0n) is 21.9. The van der Waals surface area contributed by atoms with Gasteiger partial charge >= 0.3 is 7.82 Å². The maximum absolute atomic E-state index is 10.3. The fourth-order valence-corrected chi connectivity index (χ4v) is 4.40. The summed E-state index contributed by atoms with van der Waals surface area (Å²) in [5.41, 5.74) is 4.21. The van der Waals surface area contributed by atoms with Gasteiger partial charge in [0.2, 0.25) is 0 Å². The van der Waals surface area contributed by atoms with Crippen LogP contribution in [0.5, 0.6) is 0 Å². The third kappa shape index (κ3) is 10.2. The molecule has 1 unspecified atom stereocenters. The van der Waals surface area contributed by atoms with Crippen LogP contribution in [0.4, 0.5) is 5.82 Å². The number of unbranched alkanes of at least 4 members (excludes halogenated alkanes) is 5. The maximum atomic E-state index is 10.3. The summed E-state index contributed by atoms with van der Waals surface area (Å²) < 4.78 is 18.9. The first kappa shape index (κ1) is 31.1.